The Labute approximate surface area is 205 Å². The number of hydrogen-bond donors (Lipinski definition) is 0. The van der Waals surface area contributed by atoms with Crippen LogP contribution in [0.5, 0.6) is 0 Å². The van der Waals surface area contributed by atoms with Crippen LogP contribution in [0, 0.1) is 20.8 Å². The van der Waals surface area contributed by atoms with Crippen molar-refractivity contribution in [2.24, 2.45) is 0 Å². The molecule has 0 bridgehead atoms. The van der Waals surface area contributed by atoms with Crippen molar-refractivity contribution < 1.29 is 4.42 Å². The lowest BCUT2D eigenvalue weighted by atomic mass is 9.91. The Morgan fingerprint density at radius 1 is 0.771 bits per heavy atom. The molecule has 4 heteroatoms. The molecule has 4 nitrogen and oxygen atoms in total. The first kappa shape index (κ1) is 21.6. The topological polar surface area (TPSA) is 43.9 Å². The molecule has 35 heavy (non-hydrogen) atoms. The molecule has 0 aliphatic heterocycles. The van der Waals surface area contributed by atoms with E-state index >= 15 is 0 Å². The second kappa shape index (κ2) is 7.54. The first-order chi connectivity index (χ1) is 16.7. The molecule has 0 aliphatic rings. The molecular formula is C31H29N3O. The van der Waals surface area contributed by atoms with Crippen molar-refractivity contribution in [3.63, 3.8) is 0 Å². The predicted octanol–water partition coefficient (Wildman–Crippen LogP) is 8.21. The molecule has 0 amide bonds. The third-order valence-electron chi connectivity index (χ3n) is 6.78. The molecule has 3 aromatic carbocycles. The van der Waals surface area contributed by atoms with Crippen molar-refractivity contribution in [3.8, 4) is 17.1 Å². The smallest absolute Gasteiger partial charge is 0.227 e. The highest BCUT2D eigenvalue weighted by Gasteiger charge is 2.20. The van der Waals surface area contributed by atoms with Crippen LogP contribution in [0.25, 0.3) is 50.2 Å². The first-order valence-electron chi connectivity index (χ1n) is 12.1. The lowest BCUT2D eigenvalue weighted by Crippen LogP contribution is -2.12. The second-order valence-corrected chi connectivity index (χ2v) is 10.6. The summed E-state index contributed by atoms with van der Waals surface area (Å²) in [5, 5.41) is 2.08. The minimum Gasteiger partial charge on any atom is -0.438 e. The Hall–Kier alpha value is -3.92. The van der Waals surface area contributed by atoms with Crippen LogP contribution in [0.4, 0.5) is 0 Å². The minimum atomic E-state index is -0.0348. The molecule has 6 rings (SSSR count). The van der Waals surface area contributed by atoms with Gasteiger partial charge in [0.1, 0.15) is 11.4 Å². The zero-order chi connectivity index (χ0) is 24.5. The van der Waals surface area contributed by atoms with Gasteiger partial charge in [0.05, 0.1) is 16.7 Å². The van der Waals surface area contributed by atoms with Crippen LogP contribution in [-0.4, -0.2) is 14.5 Å². The Bertz CT molecular complexity index is 1740. The molecule has 3 heterocycles. The summed E-state index contributed by atoms with van der Waals surface area (Å²) in [6.07, 6.45) is 0. The standard InChI is InChI=1S/C31H29N3O/c1-18-15-19(2)28(20(3)16-18)34-25-10-8-7-9-24(25)32-29(34)21-11-13-26-23(17-21)22-12-14-27(31(4,5)6)33-30(22)35-26/h7-17H,1-6H3. The van der Waals surface area contributed by atoms with E-state index in [1.165, 1.54) is 22.4 Å². The molecule has 3 aromatic heterocycles. The number of imidazole rings is 1. The van der Waals surface area contributed by atoms with Crippen LogP contribution in [0.15, 0.2) is 71.1 Å². The molecule has 6 aromatic rings. The molecule has 0 radical (unpaired) electrons. The maximum Gasteiger partial charge on any atom is 0.227 e. The third kappa shape index (κ3) is 3.44. The van der Waals surface area contributed by atoms with Crippen LogP contribution < -0.4 is 0 Å². The lowest BCUT2D eigenvalue weighted by Gasteiger charge is -2.16. The number of furan rings is 1. The largest absolute Gasteiger partial charge is 0.438 e. The van der Waals surface area contributed by atoms with Gasteiger partial charge in [-0.2, -0.15) is 0 Å². The summed E-state index contributed by atoms with van der Waals surface area (Å²) in [6.45, 7) is 13.0. The molecule has 0 atom stereocenters. The molecule has 0 saturated carbocycles. The van der Waals surface area contributed by atoms with Crippen molar-refractivity contribution in [1.29, 1.82) is 0 Å². The zero-order valence-corrected chi connectivity index (χ0v) is 21.1. The van der Waals surface area contributed by atoms with Crippen molar-refractivity contribution in [2.45, 2.75) is 47.0 Å². The average Bonchev–Trinajstić information content (AvgIpc) is 3.35. The van der Waals surface area contributed by atoms with E-state index in [1.54, 1.807) is 0 Å². The fourth-order valence-corrected chi connectivity index (χ4v) is 5.18. The van der Waals surface area contributed by atoms with E-state index in [0.717, 1.165) is 44.5 Å². The molecule has 0 spiro atoms. The predicted molar refractivity (Wildman–Crippen MR) is 144 cm³/mol. The monoisotopic (exact) mass is 459 g/mol. The molecule has 0 N–H and O–H groups in total. The fraction of sp³-hybridized carbons (Fsp3) is 0.226. The number of nitrogens with zero attached hydrogens (tertiary/aromatic N) is 3. The van der Waals surface area contributed by atoms with Gasteiger partial charge in [-0.05, 0) is 74.4 Å². The molecular weight excluding hydrogens is 430 g/mol. The molecule has 0 aliphatic carbocycles. The summed E-state index contributed by atoms with van der Waals surface area (Å²) in [5.74, 6) is 0.928. The molecule has 0 fully saturated rings. The number of aromatic nitrogens is 3. The first-order valence-corrected chi connectivity index (χ1v) is 12.1. The Morgan fingerprint density at radius 3 is 2.26 bits per heavy atom. The number of rotatable bonds is 2. The normalized spacial score (nSPS) is 12.3. The van der Waals surface area contributed by atoms with E-state index in [-0.39, 0.29) is 5.41 Å². The summed E-state index contributed by atoms with van der Waals surface area (Å²) in [5.41, 5.74) is 10.6. The summed E-state index contributed by atoms with van der Waals surface area (Å²) < 4.78 is 8.47. The SMILES string of the molecule is Cc1cc(C)c(-n2c(-c3ccc4oc5nc(C(C)(C)C)ccc5c4c3)nc3ccccc32)c(C)c1. The van der Waals surface area contributed by atoms with Gasteiger partial charge in [0, 0.05) is 27.4 Å². The summed E-state index contributed by atoms with van der Waals surface area (Å²) in [6, 6.07) is 23.4. The summed E-state index contributed by atoms with van der Waals surface area (Å²) in [7, 11) is 0. The molecule has 0 saturated heterocycles. The highest BCUT2D eigenvalue weighted by atomic mass is 16.3. The quantitative estimate of drug-likeness (QED) is 0.262. The number of benzene rings is 3. The highest BCUT2D eigenvalue weighted by Crippen LogP contribution is 2.36. The number of fused-ring (bicyclic) bond motifs is 4. The van der Waals surface area contributed by atoms with Gasteiger partial charge in [0.25, 0.3) is 0 Å². The fourth-order valence-electron chi connectivity index (χ4n) is 5.18. The van der Waals surface area contributed by atoms with E-state index < -0.39 is 0 Å². The highest BCUT2D eigenvalue weighted by molar-refractivity contribution is 6.05. The van der Waals surface area contributed by atoms with Gasteiger partial charge in [-0.25, -0.2) is 9.97 Å². The zero-order valence-electron chi connectivity index (χ0n) is 21.1. The van der Waals surface area contributed by atoms with Crippen LogP contribution in [0.2, 0.25) is 0 Å². The van der Waals surface area contributed by atoms with E-state index in [4.69, 9.17) is 14.4 Å². The Morgan fingerprint density at radius 2 is 1.51 bits per heavy atom. The Kier molecular flexibility index (Phi) is 4.65. The van der Waals surface area contributed by atoms with Gasteiger partial charge in [-0.3, -0.25) is 4.57 Å². The van der Waals surface area contributed by atoms with E-state index in [1.807, 2.05) is 12.1 Å². The number of hydrogen-bond acceptors (Lipinski definition) is 3. The minimum absolute atomic E-state index is 0.0348. The van der Waals surface area contributed by atoms with Crippen LogP contribution in [-0.2, 0) is 5.41 Å². The summed E-state index contributed by atoms with van der Waals surface area (Å²) >= 11 is 0. The van der Waals surface area contributed by atoms with Crippen LogP contribution in [0.3, 0.4) is 0 Å². The van der Waals surface area contributed by atoms with Gasteiger partial charge in [-0.1, -0.05) is 50.6 Å². The van der Waals surface area contributed by atoms with Gasteiger partial charge >= 0.3 is 0 Å². The third-order valence-corrected chi connectivity index (χ3v) is 6.78. The maximum absolute atomic E-state index is 6.17. The number of pyridine rings is 1. The summed E-state index contributed by atoms with van der Waals surface area (Å²) in [4.78, 5) is 9.93. The van der Waals surface area contributed by atoms with E-state index in [2.05, 4.69) is 101 Å². The van der Waals surface area contributed by atoms with Gasteiger partial charge in [-0.15, -0.1) is 0 Å². The van der Waals surface area contributed by atoms with Gasteiger partial charge < -0.3 is 4.42 Å². The van der Waals surface area contributed by atoms with Crippen LogP contribution >= 0.6 is 0 Å². The van der Waals surface area contributed by atoms with Crippen molar-refractivity contribution in [2.75, 3.05) is 0 Å². The molecule has 174 valence electrons. The van der Waals surface area contributed by atoms with Crippen LogP contribution in [0.1, 0.15) is 43.2 Å². The van der Waals surface area contributed by atoms with Gasteiger partial charge in [0.15, 0.2) is 0 Å². The van der Waals surface area contributed by atoms with E-state index in [0.29, 0.717) is 5.71 Å². The van der Waals surface area contributed by atoms with Crippen molar-refractivity contribution in [3.05, 3.63) is 89.1 Å². The molecule has 0 unspecified atom stereocenters. The van der Waals surface area contributed by atoms with Crippen molar-refractivity contribution >= 4 is 33.1 Å². The average molecular weight is 460 g/mol. The Balaban J connectivity index is 1.62. The number of aryl methyl sites for hydroxylation is 3. The second-order valence-electron chi connectivity index (χ2n) is 10.6. The maximum atomic E-state index is 6.17. The van der Waals surface area contributed by atoms with Gasteiger partial charge in [0.2, 0.25) is 5.71 Å². The number of para-hydroxylation sites is 2. The van der Waals surface area contributed by atoms with E-state index in [9.17, 15) is 0 Å². The van der Waals surface area contributed by atoms with Crippen molar-refractivity contribution in [1.82, 2.24) is 14.5 Å². The lowest BCUT2D eigenvalue weighted by molar-refractivity contribution is 0.562.